The molecule has 0 saturated carbocycles. The molecule has 2 aromatic carbocycles. The highest BCUT2D eigenvalue weighted by Gasteiger charge is 2.19. The van der Waals surface area contributed by atoms with Crippen molar-refractivity contribution in [3.63, 3.8) is 0 Å². The van der Waals surface area contributed by atoms with Gasteiger partial charge >= 0.3 is 0 Å². The number of para-hydroxylation sites is 1. The van der Waals surface area contributed by atoms with Gasteiger partial charge < -0.3 is 15.2 Å². The molecule has 8 heteroatoms. The lowest BCUT2D eigenvalue weighted by molar-refractivity contribution is -0.113. The molecular formula is C22H25N5O2S. The van der Waals surface area contributed by atoms with Crippen LogP contribution >= 0.6 is 11.8 Å². The molecule has 0 unspecified atom stereocenters. The van der Waals surface area contributed by atoms with Crippen molar-refractivity contribution in [2.75, 3.05) is 11.1 Å². The number of anilines is 1. The Labute approximate surface area is 180 Å². The number of rotatable bonds is 8. The van der Waals surface area contributed by atoms with Crippen LogP contribution in [0.3, 0.4) is 0 Å². The second-order valence-corrected chi connectivity index (χ2v) is 7.75. The van der Waals surface area contributed by atoms with Gasteiger partial charge in [-0.05, 0) is 37.1 Å². The first-order valence-corrected chi connectivity index (χ1v) is 10.7. The van der Waals surface area contributed by atoms with E-state index in [2.05, 4.69) is 27.8 Å². The van der Waals surface area contributed by atoms with Gasteiger partial charge in [0.15, 0.2) is 11.0 Å². The fraction of sp³-hybridized carbons (Fsp3) is 0.273. The molecule has 3 rings (SSSR count). The molecule has 30 heavy (non-hydrogen) atoms. The Kier molecular flexibility index (Phi) is 7.24. The van der Waals surface area contributed by atoms with Gasteiger partial charge in [-0.2, -0.15) is 0 Å². The molecule has 1 atom stereocenters. The van der Waals surface area contributed by atoms with E-state index in [0.29, 0.717) is 16.5 Å². The molecule has 7 nitrogen and oxygen atoms in total. The maximum Gasteiger partial charge on any atom is 0.251 e. The van der Waals surface area contributed by atoms with E-state index in [1.807, 2.05) is 56.4 Å². The lowest BCUT2D eigenvalue weighted by Crippen LogP contribution is -2.28. The SMILES string of the molecule is CCc1ccccc1NC(=O)CSc1nnc([C@H](C)NC(=O)c2ccccc2)n1C. The molecule has 156 valence electrons. The Bertz CT molecular complexity index is 1020. The van der Waals surface area contributed by atoms with Crippen LogP contribution in [0.5, 0.6) is 0 Å². The van der Waals surface area contributed by atoms with E-state index in [9.17, 15) is 9.59 Å². The van der Waals surface area contributed by atoms with Gasteiger partial charge in [0.1, 0.15) is 0 Å². The van der Waals surface area contributed by atoms with Gasteiger partial charge in [0, 0.05) is 18.3 Å². The third-order valence-electron chi connectivity index (χ3n) is 4.64. The number of aromatic nitrogens is 3. The fourth-order valence-corrected chi connectivity index (χ4v) is 3.75. The molecule has 0 bridgehead atoms. The molecule has 1 aromatic heterocycles. The van der Waals surface area contributed by atoms with Crippen LogP contribution in [0.2, 0.25) is 0 Å². The third kappa shape index (κ3) is 5.27. The first kappa shape index (κ1) is 21.6. The second-order valence-electron chi connectivity index (χ2n) is 6.81. The van der Waals surface area contributed by atoms with Crippen molar-refractivity contribution >= 4 is 29.3 Å². The van der Waals surface area contributed by atoms with Crippen LogP contribution in [0.1, 0.15) is 41.6 Å². The third-order valence-corrected chi connectivity index (χ3v) is 5.66. The van der Waals surface area contributed by atoms with E-state index >= 15 is 0 Å². The zero-order chi connectivity index (χ0) is 21.5. The van der Waals surface area contributed by atoms with E-state index in [0.717, 1.165) is 17.7 Å². The minimum absolute atomic E-state index is 0.101. The van der Waals surface area contributed by atoms with Crippen LogP contribution in [-0.2, 0) is 18.3 Å². The van der Waals surface area contributed by atoms with E-state index in [-0.39, 0.29) is 23.6 Å². The lowest BCUT2D eigenvalue weighted by Gasteiger charge is -2.13. The molecule has 1 heterocycles. The Morgan fingerprint density at radius 3 is 2.50 bits per heavy atom. The molecule has 0 aliphatic carbocycles. The molecular weight excluding hydrogens is 398 g/mol. The molecule has 0 fully saturated rings. The van der Waals surface area contributed by atoms with Crippen molar-refractivity contribution in [2.45, 2.75) is 31.5 Å². The van der Waals surface area contributed by atoms with Gasteiger partial charge in [-0.15, -0.1) is 10.2 Å². The highest BCUT2D eigenvalue weighted by Crippen LogP contribution is 2.21. The van der Waals surface area contributed by atoms with Crippen molar-refractivity contribution < 1.29 is 9.59 Å². The van der Waals surface area contributed by atoms with E-state index in [1.165, 1.54) is 11.8 Å². The summed E-state index contributed by atoms with van der Waals surface area (Å²) in [4.78, 5) is 24.7. The summed E-state index contributed by atoms with van der Waals surface area (Å²) < 4.78 is 1.80. The van der Waals surface area contributed by atoms with Crippen LogP contribution in [-0.4, -0.2) is 32.3 Å². The van der Waals surface area contributed by atoms with Crippen LogP contribution in [0.4, 0.5) is 5.69 Å². The highest BCUT2D eigenvalue weighted by atomic mass is 32.2. The summed E-state index contributed by atoms with van der Waals surface area (Å²) in [5, 5.41) is 14.9. The van der Waals surface area contributed by atoms with Gasteiger partial charge in [0.25, 0.3) is 5.91 Å². The summed E-state index contributed by atoms with van der Waals surface area (Å²) in [6.07, 6.45) is 0.850. The van der Waals surface area contributed by atoms with Gasteiger partial charge in [-0.3, -0.25) is 9.59 Å². The van der Waals surface area contributed by atoms with Crippen molar-refractivity contribution in [3.8, 4) is 0 Å². The summed E-state index contributed by atoms with van der Waals surface area (Å²) in [6, 6.07) is 16.5. The highest BCUT2D eigenvalue weighted by molar-refractivity contribution is 7.99. The molecule has 0 aliphatic heterocycles. The lowest BCUT2D eigenvalue weighted by atomic mass is 10.1. The Hall–Kier alpha value is -3.13. The largest absolute Gasteiger partial charge is 0.342 e. The van der Waals surface area contributed by atoms with Crippen LogP contribution in [0.25, 0.3) is 0 Å². The maximum atomic E-state index is 12.4. The normalized spacial score (nSPS) is 11.7. The van der Waals surface area contributed by atoms with Gasteiger partial charge in [0.05, 0.1) is 11.8 Å². The summed E-state index contributed by atoms with van der Waals surface area (Å²) in [5.41, 5.74) is 2.52. The molecule has 0 spiro atoms. The number of carbonyl (C=O) groups is 2. The number of hydrogen-bond donors (Lipinski definition) is 2. The molecule has 2 amide bonds. The number of thioether (sulfide) groups is 1. The first-order valence-electron chi connectivity index (χ1n) is 9.75. The second kappa shape index (κ2) is 10.1. The Balaban J connectivity index is 1.58. The Morgan fingerprint density at radius 1 is 1.07 bits per heavy atom. The van der Waals surface area contributed by atoms with Crippen LogP contribution < -0.4 is 10.6 Å². The predicted octanol–water partition coefficient (Wildman–Crippen LogP) is 3.60. The standard InChI is InChI=1S/C22H25N5O2S/c1-4-16-10-8-9-13-18(16)24-19(28)14-30-22-26-25-20(27(22)3)15(2)23-21(29)17-11-6-5-7-12-17/h5-13,15H,4,14H2,1-3H3,(H,23,29)(H,24,28)/t15-/m0/s1. The molecule has 0 aliphatic rings. The zero-order valence-corrected chi connectivity index (χ0v) is 18.1. The number of nitrogens with one attached hydrogen (secondary N) is 2. The maximum absolute atomic E-state index is 12.4. The molecule has 3 aromatic rings. The van der Waals surface area contributed by atoms with E-state index < -0.39 is 0 Å². The Morgan fingerprint density at radius 2 is 1.77 bits per heavy atom. The number of benzene rings is 2. The summed E-state index contributed by atoms with van der Waals surface area (Å²) in [5.74, 6) is 0.568. The summed E-state index contributed by atoms with van der Waals surface area (Å²) in [6.45, 7) is 3.91. The monoisotopic (exact) mass is 423 g/mol. The number of aryl methyl sites for hydroxylation is 1. The molecule has 0 saturated heterocycles. The fourth-order valence-electron chi connectivity index (χ4n) is 3.03. The predicted molar refractivity (Wildman–Crippen MR) is 118 cm³/mol. The topological polar surface area (TPSA) is 88.9 Å². The molecule has 2 N–H and O–H groups in total. The van der Waals surface area contributed by atoms with Crippen LogP contribution in [0, 0.1) is 0 Å². The quantitative estimate of drug-likeness (QED) is 0.541. The minimum Gasteiger partial charge on any atom is -0.342 e. The van der Waals surface area contributed by atoms with Crippen molar-refractivity contribution in [1.29, 1.82) is 0 Å². The molecule has 0 radical (unpaired) electrons. The van der Waals surface area contributed by atoms with Crippen molar-refractivity contribution in [1.82, 2.24) is 20.1 Å². The average Bonchev–Trinajstić information content (AvgIpc) is 3.13. The number of nitrogens with zero attached hydrogens (tertiary/aromatic N) is 3. The number of amides is 2. The van der Waals surface area contributed by atoms with E-state index in [1.54, 1.807) is 16.7 Å². The van der Waals surface area contributed by atoms with Gasteiger partial charge in [-0.25, -0.2) is 0 Å². The minimum atomic E-state index is -0.324. The van der Waals surface area contributed by atoms with Gasteiger partial charge in [-0.1, -0.05) is 55.1 Å². The summed E-state index contributed by atoms with van der Waals surface area (Å²) in [7, 11) is 1.83. The van der Waals surface area contributed by atoms with E-state index in [4.69, 9.17) is 0 Å². The zero-order valence-electron chi connectivity index (χ0n) is 17.3. The average molecular weight is 424 g/mol. The smallest absolute Gasteiger partial charge is 0.251 e. The summed E-state index contributed by atoms with van der Waals surface area (Å²) >= 11 is 1.31. The van der Waals surface area contributed by atoms with Gasteiger partial charge in [0.2, 0.25) is 5.91 Å². The number of carbonyl (C=O) groups excluding carboxylic acids is 2. The van der Waals surface area contributed by atoms with Crippen LogP contribution in [0.15, 0.2) is 59.8 Å². The van der Waals surface area contributed by atoms with Crippen molar-refractivity contribution in [2.24, 2.45) is 7.05 Å². The first-order chi connectivity index (χ1) is 14.5. The number of hydrogen-bond acceptors (Lipinski definition) is 5. The van der Waals surface area contributed by atoms with Crippen molar-refractivity contribution in [3.05, 3.63) is 71.5 Å².